The molecule has 3 N–H and O–H groups in total. The lowest BCUT2D eigenvalue weighted by atomic mass is 10.1. The number of halogens is 1. The van der Waals surface area contributed by atoms with Crippen LogP contribution in [0, 0.1) is 11.3 Å². The molecular formula is C14H17BrN2O3. The highest BCUT2D eigenvalue weighted by Gasteiger charge is 2.45. The van der Waals surface area contributed by atoms with E-state index in [0.717, 1.165) is 6.42 Å². The zero-order valence-electron chi connectivity index (χ0n) is 11.4. The second-order valence-electron chi connectivity index (χ2n) is 5.72. The van der Waals surface area contributed by atoms with Crippen LogP contribution in [0.4, 0.5) is 10.5 Å². The third kappa shape index (κ3) is 3.50. The van der Waals surface area contributed by atoms with Gasteiger partial charge in [-0.1, -0.05) is 29.8 Å². The van der Waals surface area contributed by atoms with Gasteiger partial charge in [0.25, 0.3) is 0 Å². The number of carboxylic acids is 1. The van der Waals surface area contributed by atoms with Gasteiger partial charge in [0.1, 0.15) is 0 Å². The average Bonchev–Trinajstić information content (AvgIpc) is 2.96. The molecule has 0 radical (unpaired) electrons. The van der Waals surface area contributed by atoms with Crippen molar-refractivity contribution < 1.29 is 14.7 Å². The van der Waals surface area contributed by atoms with Crippen molar-refractivity contribution >= 4 is 33.6 Å². The van der Waals surface area contributed by atoms with Crippen molar-refractivity contribution in [2.45, 2.75) is 20.3 Å². The van der Waals surface area contributed by atoms with Crippen LogP contribution in [0.25, 0.3) is 0 Å². The van der Waals surface area contributed by atoms with Gasteiger partial charge in [-0.3, -0.25) is 0 Å². The summed E-state index contributed by atoms with van der Waals surface area (Å²) in [6.07, 6.45) is 1.10. The van der Waals surface area contributed by atoms with Crippen LogP contribution in [-0.2, 0) is 0 Å². The van der Waals surface area contributed by atoms with Crippen molar-refractivity contribution in [2.75, 3.05) is 11.9 Å². The van der Waals surface area contributed by atoms with Crippen LogP contribution >= 0.6 is 15.9 Å². The summed E-state index contributed by atoms with van der Waals surface area (Å²) in [5.74, 6) is -0.581. The number of rotatable bonds is 4. The topological polar surface area (TPSA) is 78.4 Å². The fourth-order valence-electron chi connectivity index (χ4n) is 2.11. The lowest BCUT2D eigenvalue weighted by molar-refractivity contribution is 0.0698. The monoisotopic (exact) mass is 340 g/mol. The Labute approximate surface area is 125 Å². The van der Waals surface area contributed by atoms with Gasteiger partial charge in [-0.15, -0.1) is 0 Å². The summed E-state index contributed by atoms with van der Waals surface area (Å²) in [6, 6.07) is 4.33. The molecule has 1 unspecified atom stereocenters. The van der Waals surface area contributed by atoms with Gasteiger partial charge in [0, 0.05) is 11.0 Å². The first kappa shape index (κ1) is 14.8. The van der Waals surface area contributed by atoms with E-state index >= 15 is 0 Å². The van der Waals surface area contributed by atoms with Crippen molar-refractivity contribution in [1.29, 1.82) is 0 Å². The highest BCUT2D eigenvalue weighted by atomic mass is 79.9. The third-order valence-corrected chi connectivity index (χ3v) is 4.18. The first-order valence-electron chi connectivity index (χ1n) is 6.37. The van der Waals surface area contributed by atoms with Crippen LogP contribution in [-0.4, -0.2) is 23.7 Å². The molecule has 5 nitrogen and oxygen atoms in total. The lowest BCUT2D eigenvalue weighted by Gasteiger charge is -2.11. The molecule has 2 rings (SSSR count). The maximum absolute atomic E-state index is 11.8. The van der Waals surface area contributed by atoms with Crippen LogP contribution in [0.2, 0.25) is 0 Å². The summed E-state index contributed by atoms with van der Waals surface area (Å²) in [7, 11) is 0. The predicted octanol–water partition coefficient (Wildman–Crippen LogP) is 3.31. The molecule has 0 heterocycles. The summed E-state index contributed by atoms with van der Waals surface area (Å²) in [4.78, 5) is 22.9. The summed E-state index contributed by atoms with van der Waals surface area (Å²) < 4.78 is 0.653. The predicted molar refractivity (Wildman–Crippen MR) is 80.0 cm³/mol. The normalized spacial score (nSPS) is 19.2. The second kappa shape index (κ2) is 5.44. The van der Waals surface area contributed by atoms with Crippen LogP contribution in [0.5, 0.6) is 0 Å². The first-order chi connectivity index (χ1) is 9.29. The van der Waals surface area contributed by atoms with Gasteiger partial charge in [-0.2, -0.15) is 0 Å². The average molecular weight is 341 g/mol. The summed E-state index contributed by atoms with van der Waals surface area (Å²) in [5.41, 5.74) is 0.645. The molecular weight excluding hydrogens is 324 g/mol. The number of urea groups is 1. The highest BCUT2D eigenvalue weighted by molar-refractivity contribution is 9.10. The third-order valence-electron chi connectivity index (χ3n) is 3.69. The van der Waals surface area contributed by atoms with E-state index in [2.05, 4.69) is 40.4 Å². The van der Waals surface area contributed by atoms with Gasteiger partial charge >= 0.3 is 12.0 Å². The van der Waals surface area contributed by atoms with E-state index in [1.54, 1.807) is 12.1 Å². The van der Waals surface area contributed by atoms with Crippen LogP contribution in [0.15, 0.2) is 22.7 Å². The SMILES string of the molecule is CC1(C)CC1CNC(=O)Nc1ccc(Br)cc1C(=O)O. The molecule has 1 aliphatic carbocycles. The number of benzene rings is 1. The van der Waals surface area contributed by atoms with Crippen molar-refractivity contribution in [2.24, 2.45) is 11.3 Å². The maximum atomic E-state index is 11.8. The number of anilines is 1. The van der Waals surface area contributed by atoms with Crippen LogP contribution in [0.3, 0.4) is 0 Å². The molecule has 0 aromatic heterocycles. The number of carbonyl (C=O) groups excluding carboxylic acids is 1. The number of amides is 2. The van der Waals surface area contributed by atoms with Gasteiger partial charge in [0.15, 0.2) is 0 Å². The molecule has 1 aliphatic rings. The minimum atomic E-state index is -1.08. The number of carboxylic acid groups (broad SMARTS) is 1. The molecule has 0 spiro atoms. The number of aromatic carboxylic acids is 1. The zero-order valence-corrected chi connectivity index (χ0v) is 13.0. The van der Waals surface area contributed by atoms with E-state index in [4.69, 9.17) is 5.11 Å². The Bertz CT molecular complexity index is 557. The molecule has 6 heteroatoms. The molecule has 1 atom stereocenters. The Morgan fingerprint density at radius 1 is 1.45 bits per heavy atom. The Balaban J connectivity index is 1.96. The van der Waals surface area contributed by atoms with Crippen LogP contribution < -0.4 is 10.6 Å². The molecule has 0 bridgehead atoms. The number of nitrogens with one attached hydrogen (secondary N) is 2. The molecule has 0 saturated heterocycles. The molecule has 1 aromatic carbocycles. The summed E-state index contributed by atoms with van der Waals surface area (Å²) >= 11 is 3.21. The smallest absolute Gasteiger partial charge is 0.337 e. The molecule has 1 aromatic rings. The van der Waals surface area contributed by atoms with Gasteiger partial charge in [0.2, 0.25) is 0 Å². The minimum absolute atomic E-state index is 0.0567. The molecule has 2 amide bonds. The minimum Gasteiger partial charge on any atom is -0.478 e. The van der Waals surface area contributed by atoms with Crippen molar-refractivity contribution in [3.05, 3.63) is 28.2 Å². The zero-order chi connectivity index (χ0) is 14.9. The van der Waals surface area contributed by atoms with E-state index in [1.807, 2.05) is 0 Å². The Morgan fingerprint density at radius 2 is 2.10 bits per heavy atom. The van der Waals surface area contributed by atoms with E-state index in [1.165, 1.54) is 6.07 Å². The molecule has 108 valence electrons. The standard InChI is InChI=1S/C14H17BrN2O3/c1-14(2)6-8(14)7-16-13(20)17-11-4-3-9(15)5-10(11)12(18)19/h3-5,8H,6-7H2,1-2H3,(H,18,19)(H2,16,17,20). The Hall–Kier alpha value is -1.56. The molecule has 20 heavy (non-hydrogen) atoms. The molecule has 1 fully saturated rings. The number of carbonyl (C=O) groups is 2. The largest absolute Gasteiger partial charge is 0.478 e. The summed E-state index contributed by atoms with van der Waals surface area (Å²) in [5, 5.41) is 14.5. The van der Waals surface area contributed by atoms with Gasteiger partial charge in [-0.25, -0.2) is 9.59 Å². The fourth-order valence-corrected chi connectivity index (χ4v) is 2.47. The van der Waals surface area contributed by atoms with Crippen LogP contribution in [0.1, 0.15) is 30.6 Å². The van der Waals surface area contributed by atoms with Crippen molar-refractivity contribution in [3.8, 4) is 0 Å². The second-order valence-corrected chi connectivity index (χ2v) is 6.64. The number of hydrogen-bond acceptors (Lipinski definition) is 2. The highest BCUT2D eigenvalue weighted by Crippen LogP contribution is 2.50. The Kier molecular flexibility index (Phi) is 4.04. The quantitative estimate of drug-likeness (QED) is 0.786. The van der Waals surface area contributed by atoms with Crippen molar-refractivity contribution in [3.63, 3.8) is 0 Å². The summed E-state index contributed by atoms with van der Waals surface area (Å²) in [6.45, 7) is 4.93. The van der Waals surface area contributed by atoms with E-state index < -0.39 is 5.97 Å². The Morgan fingerprint density at radius 3 is 2.65 bits per heavy atom. The molecule has 0 aliphatic heterocycles. The fraction of sp³-hybridized carbons (Fsp3) is 0.429. The molecule has 1 saturated carbocycles. The maximum Gasteiger partial charge on any atom is 0.337 e. The number of hydrogen-bond donors (Lipinski definition) is 3. The first-order valence-corrected chi connectivity index (χ1v) is 7.16. The van der Waals surface area contributed by atoms with E-state index in [0.29, 0.717) is 22.4 Å². The van der Waals surface area contributed by atoms with Gasteiger partial charge < -0.3 is 15.7 Å². The van der Waals surface area contributed by atoms with E-state index in [9.17, 15) is 9.59 Å². The van der Waals surface area contributed by atoms with Gasteiger partial charge in [0.05, 0.1) is 11.3 Å². The van der Waals surface area contributed by atoms with Crippen molar-refractivity contribution in [1.82, 2.24) is 5.32 Å². The van der Waals surface area contributed by atoms with E-state index in [-0.39, 0.29) is 17.3 Å². The van der Waals surface area contributed by atoms with Gasteiger partial charge in [-0.05, 0) is 36.0 Å². The lowest BCUT2D eigenvalue weighted by Crippen LogP contribution is -2.31.